The first kappa shape index (κ1) is 11.7. The average Bonchev–Trinajstić information content (AvgIpc) is 2.95. The molecule has 1 saturated carbocycles. The molecule has 1 aromatic heterocycles. The van der Waals surface area contributed by atoms with Gasteiger partial charge in [0.25, 0.3) is 0 Å². The topological polar surface area (TPSA) is 38.9 Å². The van der Waals surface area contributed by atoms with Crippen molar-refractivity contribution in [3.63, 3.8) is 0 Å². The fraction of sp³-hybridized carbons (Fsp3) is 0.786. The van der Waals surface area contributed by atoms with Gasteiger partial charge < -0.3 is 5.73 Å². The van der Waals surface area contributed by atoms with Gasteiger partial charge in [0.05, 0.1) is 10.7 Å². The average molecular weight is 250 g/mol. The molecule has 0 saturated heterocycles. The molecule has 3 heteroatoms. The van der Waals surface area contributed by atoms with Crippen molar-refractivity contribution < 1.29 is 0 Å². The highest BCUT2D eigenvalue weighted by Crippen LogP contribution is 2.49. The summed E-state index contributed by atoms with van der Waals surface area (Å²) in [5, 5.41) is 1.27. The monoisotopic (exact) mass is 250 g/mol. The predicted molar refractivity (Wildman–Crippen MR) is 72.5 cm³/mol. The van der Waals surface area contributed by atoms with Crippen LogP contribution in [0.25, 0.3) is 0 Å². The minimum atomic E-state index is 0.435. The molecule has 1 heterocycles. The molecule has 0 bridgehead atoms. The van der Waals surface area contributed by atoms with Crippen LogP contribution in [0, 0.1) is 5.41 Å². The molecule has 17 heavy (non-hydrogen) atoms. The molecule has 1 aromatic rings. The van der Waals surface area contributed by atoms with Crippen molar-refractivity contribution in [1.29, 1.82) is 0 Å². The molecule has 1 spiro atoms. The smallest absolute Gasteiger partial charge is 0.0971 e. The van der Waals surface area contributed by atoms with Crippen molar-refractivity contribution in [1.82, 2.24) is 4.98 Å². The van der Waals surface area contributed by atoms with Crippen molar-refractivity contribution in [2.45, 2.75) is 57.8 Å². The van der Waals surface area contributed by atoms with Gasteiger partial charge in [-0.1, -0.05) is 19.8 Å². The second kappa shape index (κ2) is 4.36. The van der Waals surface area contributed by atoms with Crippen LogP contribution in [0.5, 0.6) is 0 Å². The molecule has 3 rings (SSSR count). The molecule has 0 aliphatic heterocycles. The van der Waals surface area contributed by atoms with E-state index in [-0.39, 0.29) is 0 Å². The third-order valence-corrected chi connectivity index (χ3v) is 5.99. The first-order valence-corrected chi connectivity index (χ1v) is 7.73. The number of rotatable bonds is 2. The summed E-state index contributed by atoms with van der Waals surface area (Å²) >= 11 is 1.94. The lowest BCUT2D eigenvalue weighted by atomic mass is 9.74. The van der Waals surface area contributed by atoms with E-state index in [4.69, 9.17) is 10.7 Å². The standard InChI is InChI=1S/C14H22N2S/c1-10(9-15)13-16-11-4-7-14(5-2-3-6-14)8-12(11)17-13/h10H,2-9,15H2,1H3. The molecule has 1 unspecified atom stereocenters. The Bertz CT molecular complexity index is 404. The predicted octanol–water partition coefficient (Wildman–Crippen LogP) is 3.25. The Balaban J connectivity index is 1.84. The van der Waals surface area contributed by atoms with E-state index >= 15 is 0 Å². The van der Waals surface area contributed by atoms with Crippen molar-refractivity contribution in [2.75, 3.05) is 6.54 Å². The zero-order chi connectivity index (χ0) is 11.9. The Hall–Kier alpha value is -0.410. The van der Waals surface area contributed by atoms with E-state index in [1.54, 1.807) is 4.88 Å². The first-order valence-electron chi connectivity index (χ1n) is 6.91. The number of nitrogens with zero attached hydrogens (tertiary/aromatic N) is 1. The Morgan fingerprint density at radius 2 is 2.12 bits per heavy atom. The van der Waals surface area contributed by atoms with Crippen molar-refractivity contribution in [3.05, 3.63) is 15.6 Å². The second-order valence-electron chi connectivity index (χ2n) is 5.94. The van der Waals surface area contributed by atoms with Gasteiger partial charge in [-0.25, -0.2) is 4.98 Å². The van der Waals surface area contributed by atoms with Gasteiger partial charge >= 0.3 is 0 Å². The molecular weight excluding hydrogens is 228 g/mol. The summed E-state index contributed by atoms with van der Waals surface area (Å²) in [7, 11) is 0. The molecule has 1 atom stereocenters. The summed E-state index contributed by atoms with van der Waals surface area (Å²) in [6, 6.07) is 0. The largest absolute Gasteiger partial charge is 0.330 e. The third-order valence-electron chi connectivity index (χ3n) is 4.66. The maximum absolute atomic E-state index is 5.74. The number of aryl methyl sites for hydroxylation is 1. The SMILES string of the molecule is CC(CN)c1nc2c(s1)CC1(CCCC1)CC2. The summed E-state index contributed by atoms with van der Waals surface area (Å²) < 4.78 is 0. The molecule has 0 amide bonds. The lowest BCUT2D eigenvalue weighted by molar-refractivity contribution is 0.256. The maximum Gasteiger partial charge on any atom is 0.0971 e. The summed E-state index contributed by atoms with van der Waals surface area (Å²) in [6.45, 7) is 2.91. The van der Waals surface area contributed by atoms with Crippen LogP contribution in [0.1, 0.15) is 60.5 Å². The fourth-order valence-electron chi connectivity index (χ4n) is 3.41. The van der Waals surface area contributed by atoms with Gasteiger partial charge in [0.1, 0.15) is 0 Å². The van der Waals surface area contributed by atoms with E-state index in [0.29, 0.717) is 11.3 Å². The van der Waals surface area contributed by atoms with Crippen LogP contribution in [0.15, 0.2) is 0 Å². The Labute approximate surface area is 108 Å². The molecule has 2 aliphatic carbocycles. The quantitative estimate of drug-likeness (QED) is 0.875. The second-order valence-corrected chi connectivity index (χ2v) is 7.06. The first-order chi connectivity index (χ1) is 8.22. The van der Waals surface area contributed by atoms with Gasteiger partial charge in [0.15, 0.2) is 0 Å². The minimum absolute atomic E-state index is 0.435. The third kappa shape index (κ3) is 2.04. The molecule has 2 nitrogen and oxygen atoms in total. The number of fused-ring (bicyclic) bond motifs is 1. The van der Waals surface area contributed by atoms with E-state index in [9.17, 15) is 0 Å². The molecule has 0 aromatic carbocycles. The zero-order valence-corrected chi connectivity index (χ0v) is 11.5. The summed E-state index contributed by atoms with van der Waals surface area (Å²) in [6.07, 6.45) is 9.68. The van der Waals surface area contributed by atoms with Gasteiger partial charge in [-0.05, 0) is 37.5 Å². The zero-order valence-electron chi connectivity index (χ0n) is 10.7. The Morgan fingerprint density at radius 3 is 2.82 bits per heavy atom. The summed E-state index contributed by atoms with van der Waals surface area (Å²) in [5.74, 6) is 0.435. The molecule has 0 radical (unpaired) electrons. The van der Waals surface area contributed by atoms with E-state index in [0.717, 1.165) is 6.54 Å². The normalized spacial score (nSPS) is 23.9. The summed E-state index contributed by atoms with van der Waals surface area (Å²) in [5.41, 5.74) is 7.79. The van der Waals surface area contributed by atoms with Gasteiger partial charge in [0, 0.05) is 17.3 Å². The van der Waals surface area contributed by atoms with Crippen molar-refractivity contribution in [3.8, 4) is 0 Å². The Morgan fingerprint density at radius 1 is 1.35 bits per heavy atom. The van der Waals surface area contributed by atoms with Crippen LogP contribution in [-0.2, 0) is 12.8 Å². The van der Waals surface area contributed by atoms with E-state index < -0.39 is 0 Å². The molecule has 94 valence electrons. The lowest BCUT2D eigenvalue weighted by Gasteiger charge is -2.32. The van der Waals surface area contributed by atoms with Crippen LogP contribution in [-0.4, -0.2) is 11.5 Å². The fourth-order valence-corrected chi connectivity index (χ4v) is 4.76. The van der Waals surface area contributed by atoms with Crippen LogP contribution in [0.2, 0.25) is 0 Å². The summed E-state index contributed by atoms with van der Waals surface area (Å²) in [4.78, 5) is 6.39. The number of hydrogen-bond acceptors (Lipinski definition) is 3. The molecule has 1 fully saturated rings. The van der Waals surface area contributed by atoms with Gasteiger partial charge in [0.2, 0.25) is 0 Å². The Kier molecular flexibility index (Phi) is 2.99. The van der Waals surface area contributed by atoms with Crippen LogP contribution < -0.4 is 5.73 Å². The van der Waals surface area contributed by atoms with Gasteiger partial charge in [-0.3, -0.25) is 0 Å². The van der Waals surface area contributed by atoms with Crippen LogP contribution in [0.3, 0.4) is 0 Å². The van der Waals surface area contributed by atoms with E-state index in [1.165, 1.54) is 55.6 Å². The molecule has 2 N–H and O–H groups in total. The van der Waals surface area contributed by atoms with Gasteiger partial charge in [-0.15, -0.1) is 11.3 Å². The van der Waals surface area contributed by atoms with E-state index in [1.807, 2.05) is 11.3 Å². The number of hydrogen-bond donors (Lipinski definition) is 1. The van der Waals surface area contributed by atoms with Crippen LogP contribution >= 0.6 is 11.3 Å². The van der Waals surface area contributed by atoms with Crippen molar-refractivity contribution in [2.24, 2.45) is 11.1 Å². The number of aromatic nitrogens is 1. The van der Waals surface area contributed by atoms with Crippen LogP contribution in [0.4, 0.5) is 0 Å². The lowest BCUT2D eigenvalue weighted by Crippen LogP contribution is -2.24. The van der Waals surface area contributed by atoms with E-state index in [2.05, 4.69) is 6.92 Å². The highest BCUT2D eigenvalue weighted by Gasteiger charge is 2.38. The molecule has 2 aliphatic rings. The van der Waals surface area contributed by atoms with Gasteiger partial charge in [-0.2, -0.15) is 0 Å². The number of thiazole rings is 1. The molecular formula is C14H22N2S. The minimum Gasteiger partial charge on any atom is -0.330 e. The van der Waals surface area contributed by atoms with Crippen molar-refractivity contribution >= 4 is 11.3 Å². The highest BCUT2D eigenvalue weighted by atomic mass is 32.1. The number of nitrogens with two attached hydrogens (primary N) is 1. The highest BCUT2D eigenvalue weighted by molar-refractivity contribution is 7.11. The maximum atomic E-state index is 5.74.